The molecular weight excluding hydrogens is 1110 g/mol. The number of urea groups is 1. The molecule has 85 heavy (non-hydrogen) atoms. The van der Waals surface area contributed by atoms with Crippen LogP contribution in [0.4, 0.5) is 16.7 Å². The van der Waals surface area contributed by atoms with Crippen LogP contribution in [-0.2, 0) is 51.2 Å². The first-order valence-electron chi connectivity index (χ1n) is 29.3. The third-order valence-electron chi connectivity index (χ3n) is 14.9. The van der Waals surface area contributed by atoms with E-state index in [9.17, 15) is 73.8 Å². The highest BCUT2D eigenvalue weighted by molar-refractivity contribution is 5.86. The standard InChI is InChI=1S/C56H89N13O16/c1-63-23-24-66(37-49(75)76)25-26-67(38-50(77)78)29-32-69(39-51(79)80)42(35-63)33-40-15-17-41(18-16-40)34-45-60-54(64(2)36-48(73)74)62-55(61-45)68-30-27-65(28-31-68)22-12-8-6-4-3-5-7-9-14-46(70)57-21-11-10-13-43(52(81)82)58-56(85)59-44(53(83)84)19-20-47(71)72/h15-18,42-44H,3-14,19-39H2,1-2H3,(H,57,70)(H,71,72)(H,73,74)(H,75,76)(H,77,78)(H,79,80)(H,81,82)(H,83,84)(H2,58,59,85)/t42?,43-,44-/m0/s1. The maximum absolute atomic E-state index is 12.4. The number of likely N-dealkylation sites (N-methyl/N-ethyl adjacent to an activating group) is 2. The summed E-state index contributed by atoms with van der Waals surface area (Å²) in [6.07, 6.45) is 9.39. The van der Waals surface area contributed by atoms with Crippen LogP contribution in [0.25, 0.3) is 0 Å². The molecule has 3 atom stereocenters. The van der Waals surface area contributed by atoms with Crippen molar-refractivity contribution in [2.75, 3.05) is 135 Å². The van der Waals surface area contributed by atoms with Crippen molar-refractivity contribution in [2.24, 2.45) is 0 Å². The van der Waals surface area contributed by atoms with Crippen LogP contribution in [0.15, 0.2) is 24.3 Å². The Labute approximate surface area is 495 Å². The first-order valence-corrected chi connectivity index (χ1v) is 29.3. The van der Waals surface area contributed by atoms with Crippen molar-refractivity contribution in [1.29, 1.82) is 0 Å². The molecule has 3 heterocycles. The van der Waals surface area contributed by atoms with E-state index < -0.39 is 66.3 Å². The molecule has 2 fully saturated rings. The van der Waals surface area contributed by atoms with Crippen molar-refractivity contribution >= 4 is 65.6 Å². The summed E-state index contributed by atoms with van der Waals surface area (Å²) in [7, 11) is 3.55. The molecule has 4 rings (SSSR count). The molecule has 29 heteroatoms. The summed E-state index contributed by atoms with van der Waals surface area (Å²) < 4.78 is 0. The normalized spacial score (nSPS) is 16.9. The topological polar surface area (TPSA) is 393 Å². The molecular formula is C56H89N13O16. The molecule has 0 spiro atoms. The number of nitrogens with zero attached hydrogens (tertiary/aromatic N) is 10. The average molecular weight is 1200 g/mol. The number of aromatic nitrogens is 3. The van der Waals surface area contributed by atoms with Crippen molar-refractivity contribution in [3.63, 3.8) is 0 Å². The molecule has 0 saturated carbocycles. The lowest BCUT2D eigenvalue weighted by Gasteiger charge is -2.37. The Hall–Kier alpha value is -7.34. The van der Waals surface area contributed by atoms with Crippen molar-refractivity contribution in [3.05, 3.63) is 41.2 Å². The summed E-state index contributed by atoms with van der Waals surface area (Å²) in [6.45, 7) is 5.94. The SMILES string of the molecule is CN1CCN(CC(=O)O)CCN(CC(=O)O)CCN(CC(=O)O)C(Cc2ccc(Cc3nc(N(C)CC(=O)O)nc(N4CCN(CCCCCCCCCCC(=O)NCCCC[C@H](NC(=O)N[C@@H](CCC(=O)O)C(=O)O)C(=O)O)CC4)n3)cc2)C1. The van der Waals surface area contributed by atoms with Gasteiger partial charge < -0.3 is 66.4 Å². The van der Waals surface area contributed by atoms with Crippen LogP contribution in [-0.4, -0.2) is 272 Å². The predicted octanol–water partition coefficient (Wildman–Crippen LogP) is 0.989. The van der Waals surface area contributed by atoms with Gasteiger partial charge in [0.15, 0.2) is 0 Å². The second kappa shape index (κ2) is 37.9. The first kappa shape index (κ1) is 70.1. The molecule has 474 valence electrons. The Bertz CT molecular complexity index is 2470. The first-order chi connectivity index (χ1) is 40.5. The number of nitrogens with one attached hydrogen (secondary N) is 3. The Morgan fingerprint density at radius 3 is 1.68 bits per heavy atom. The van der Waals surface area contributed by atoms with Gasteiger partial charge in [0, 0.05) is 111 Å². The Balaban J connectivity index is 1.19. The maximum atomic E-state index is 12.4. The van der Waals surface area contributed by atoms with E-state index in [1.807, 2.05) is 36.2 Å². The molecule has 2 aliphatic heterocycles. The van der Waals surface area contributed by atoms with Crippen molar-refractivity contribution in [3.8, 4) is 0 Å². The molecule has 0 bridgehead atoms. The summed E-state index contributed by atoms with van der Waals surface area (Å²) in [4.78, 5) is 133. The zero-order valence-electron chi connectivity index (χ0n) is 49.2. The second-order valence-corrected chi connectivity index (χ2v) is 22.0. The van der Waals surface area contributed by atoms with Crippen molar-refractivity contribution in [2.45, 2.75) is 121 Å². The second-order valence-electron chi connectivity index (χ2n) is 22.0. The van der Waals surface area contributed by atoms with Crippen LogP contribution < -0.4 is 25.8 Å². The zero-order valence-corrected chi connectivity index (χ0v) is 49.2. The fraction of sp³-hybridized carbons (Fsp3) is 0.679. The molecule has 1 unspecified atom stereocenters. The van der Waals surface area contributed by atoms with Gasteiger partial charge in [0.2, 0.25) is 17.8 Å². The molecule has 10 N–H and O–H groups in total. The molecule has 2 saturated heterocycles. The lowest BCUT2D eigenvalue weighted by molar-refractivity contribution is -0.141. The maximum Gasteiger partial charge on any atom is 0.326 e. The molecule has 1 aromatic heterocycles. The van der Waals surface area contributed by atoms with E-state index in [-0.39, 0.29) is 70.0 Å². The van der Waals surface area contributed by atoms with Gasteiger partial charge in [0.05, 0.1) is 19.6 Å². The molecule has 3 amide bonds. The van der Waals surface area contributed by atoms with Crippen molar-refractivity contribution in [1.82, 2.24) is 55.4 Å². The zero-order chi connectivity index (χ0) is 62.3. The number of anilines is 2. The van der Waals surface area contributed by atoms with E-state index in [1.165, 1.54) is 4.90 Å². The van der Waals surface area contributed by atoms with Crippen LogP contribution in [0.3, 0.4) is 0 Å². The monoisotopic (exact) mass is 1200 g/mol. The summed E-state index contributed by atoms with van der Waals surface area (Å²) >= 11 is 0. The molecule has 2 aromatic rings. The van der Waals surface area contributed by atoms with Gasteiger partial charge >= 0.3 is 47.8 Å². The fourth-order valence-electron chi connectivity index (χ4n) is 10.2. The number of carboxylic acid groups (broad SMARTS) is 7. The highest BCUT2D eigenvalue weighted by Crippen LogP contribution is 2.20. The quantitative estimate of drug-likeness (QED) is 0.0422. The number of rotatable bonds is 37. The van der Waals surface area contributed by atoms with Gasteiger partial charge in [-0.15, -0.1) is 0 Å². The van der Waals surface area contributed by atoms with E-state index in [2.05, 4.69) is 35.6 Å². The number of amides is 3. The summed E-state index contributed by atoms with van der Waals surface area (Å²) in [5, 5.41) is 73.4. The Morgan fingerprint density at radius 1 is 0.565 bits per heavy atom. The number of hydrogen-bond donors (Lipinski definition) is 10. The van der Waals surface area contributed by atoms with Gasteiger partial charge in [-0.1, -0.05) is 62.8 Å². The summed E-state index contributed by atoms with van der Waals surface area (Å²) in [5.74, 6) is -6.91. The van der Waals surface area contributed by atoms with Gasteiger partial charge in [-0.2, -0.15) is 15.0 Å². The van der Waals surface area contributed by atoms with Gasteiger partial charge in [0.25, 0.3) is 0 Å². The van der Waals surface area contributed by atoms with Crippen LogP contribution in [0, 0.1) is 0 Å². The number of carbonyl (C=O) groups excluding carboxylic acids is 2. The van der Waals surface area contributed by atoms with E-state index >= 15 is 0 Å². The van der Waals surface area contributed by atoms with Gasteiger partial charge in [-0.05, 0) is 69.7 Å². The number of piperazine rings is 1. The molecule has 29 nitrogen and oxygen atoms in total. The van der Waals surface area contributed by atoms with Gasteiger partial charge in [0.1, 0.15) is 24.5 Å². The minimum absolute atomic E-state index is 0.0455. The third-order valence-corrected chi connectivity index (χ3v) is 14.9. The van der Waals surface area contributed by atoms with Crippen LogP contribution in [0.1, 0.15) is 107 Å². The number of carbonyl (C=O) groups is 9. The molecule has 1 aromatic carbocycles. The number of aliphatic carboxylic acids is 7. The lowest BCUT2D eigenvalue weighted by atomic mass is 10.0. The van der Waals surface area contributed by atoms with Crippen LogP contribution >= 0.6 is 0 Å². The van der Waals surface area contributed by atoms with Gasteiger partial charge in [-0.25, -0.2) is 14.4 Å². The minimum Gasteiger partial charge on any atom is -0.481 e. The number of unbranched alkanes of at least 4 members (excludes halogenated alkanes) is 8. The highest BCUT2D eigenvalue weighted by Gasteiger charge is 2.28. The third kappa shape index (κ3) is 28.9. The van der Waals surface area contributed by atoms with E-state index in [1.54, 1.807) is 16.8 Å². The number of hydrogen-bond acceptors (Lipinski definition) is 19. The van der Waals surface area contributed by atoms with E-state index in [4.69, 9.17) is 15.1 Å². The number of carboxylic acids is 7. The molecule has 0 aliphatic carbocycles. The fourth-order valence-corrected chi connectivity index (χ4v) is 10.2. The van der Waals surface area contributed by atoms with Crippen LogP contribution in [0.5, 0.6) is 0 Å². The van der Waals surface area contributed by atoms with Gasteiger partial charge in [-0.3, -0.25) is 48.4 Å². The van der Waals surface area contributed by atoms with Crippen LogP contribution in [0.2, 0.25) is 0 Å². The van der Waals surface area contributed by atoms with E-state index in [0.29, 0.717) is 96.2 Å². The summed E-state index contributed by atoms with van der Waals surface area (Å²) in [5.41, 5.74) is 1.85. The van der Waals surface area contributed by atoms with Crippen molar-refractivity contribution < 1.29 is 78.9 Å². The lowest BCUT2D eigenvalue weighted by Crippen LogP contribution is -2.52. The summed E-state index contributed by atoms with van der Waals surface area (Å²) in [6, 6.07) is 3.80. The predicted molar refractivity (Wildman–Crippen MR) is 311 cm³/mol. The van der Waals surface area contributed by atoms with E-state index in [0.717, 1.165) is 82.1 Å². The average Bonchev–Trinajstić information content (AvgIpc) is 3.65. The largest absolute Gasteiger partial charge is 0.481 e. The minimum atomic E-state index is -1.49. The highest BCUT2D eigenvalue weighted by atomic mass is 16.4. The number of benzene rings is 1. The Kier molecular flexibility index (Phi) is 31.2. The molecule has 0 radical (unpaired) electrons. The Morgan fingerprint density at radius 2 is 1.11 bits per heavy atom. The smallest absolute Gasteiger partial charge is 0.326 e. The molecule has 2 aliphatic rings.